The Bertz CT molecular complexity index is 1420. The summed E-state index contributed by atoms with van der Waals surface area (Å²) < 4.78 is 8.44. The number of hydrogen-bond acceptors (Lipinski definition) is 2. The fraction of sp³-hybridized carbons (Fsp3) is 0.0769. The number of pyridine rings is 1. The molecule has 0 N–H and O–H groups in total. The maximum Gasteiger partial charge on any atom is 0.216 e. The van der Waals surface area contributed by atoms with Crippen LogP contribution in [0.3, 0.4) is 0 Å². The van der Waals surface area contributed by atoms with Crippen LogP contribution in [0.25, 0.3) is 44.3 Å². The number of hydrogen-bond donors (Lipinski definition) is 0. The molecule has 29 heavy (non-hydrogen) atoms. The fourth-order valence-corrected chi connectivity index (χ4v) is 4.02. The van der Waals surface area contributed by atoms with Crippen molar-refractivity contribution in [2.45, 2.75) is 6.92 Å². The van der Waals surface area contributed by atoms with Crippen LogP contribution in [0.4, 0.5) is 0 Å². The van der Waals surface area contributed by atoms with E-state index in [4.69, 9.17) is 4.42 Å². The van der Waals surface area contributed by atoms with Crippen LogP contribution in [0.2, 0.25) is 0 Å². The maximum atomic E-state index is 9.80. The Morgan fingerprint density at radius 2 is 1.62 bits per heavy atom. The second-order valence-corrected chi connectivity index (χ2v) is 7.31. The molecule has 0 fully saturated rings. The van der Waals surface area contributed by atoms with E-state index in [1.54, 1.807) is 0 Å². The standard InChI is InChI=1S/C26H19N2O/c1-17-11-12-21-22-15-19(18-8-4-3-5-9-18)14-20(16-27)25(22)29-26(21)24(17)23-10-6-7-13-28(23)2/h3-15H,1-2H3/q+1. The van der Waals surface area contributed by atoms with E-state index in [9.17, 15) is 5.26 Å². The Hall–Kier alpha value is -3.90. The highest BCUT2D eigenvalue weighted by Crippen LogP contribution is 2.39. The highest BCUT2D eigenvalue weighted by atomic mass is 16.3. The smallest absolute Gasteiger partial charge is 0.216 e. The van der Waals surface area contributed by atoms with Gasteiger partial charge in [-0.1, -0.05) is 42.5 Å². The minimum atomic E-state index is 0.554. The number of furan rings is 1. The van der Waals surface area contributed by atoms with Gasteiger partial charge in [0.05, 0.1) is 11.1 Å². The third kappa shape index (κ3) is 2.69. The van der Waals surface area contributed by atoms with Gasteiger partial charge in [0.1, 0.15) is 18.7 Å². The van der Waals surface area contributed by atoms with Crippen LogP contribution in [-0.2, 0) is 7.05 Å². The van der Waals surface area contributed by atoms with Gasteiger partial charge in [-0.05, 0) is 41.8 Å². The van der Waals surface area contributed by atoms with Crippen molar-refractivity contribution in [2.75, 3.05) is 0 Å². The Labute approximate surface area is 169 Å². The Balaban J connectivity index is 1.89. The summed E-state index contributed by atoms with van der Waals surface area (Å²) in [5.41, 5.74) is 7.41. The fourth-order valence-electron chi connectivity index (χ4n) is 4.02. The van der Waals surface area contributed by atoms with Crippen LogP contribution in [0.1, 0.15) is 11.1 Å². The van der Waals surface area contributed by atoms with Crippen LogP contribution in [0, 0.1) is 18.3 Å². The molecule has 0 atom stereocenters. The zero-order valence-electron chi connectivity index (χ0n) is 16.3. The van der Waals surface area contributed by atoms with Crippen molar-refractivity contribution in [2.24, 2.45) is 7.05 Å². The molecular formula is C26H19N2O+. The van der Waals surface area contributed by atoms with E-state index in [0.29, 0.717) is 11.1 Å². The third-order valence-corrected chi connectivity index (χ3v) is 5.49. The molecule has 3 heteroatoms. The lowest BCUT2D eigenvalue weighted by atomic mass is 9.97. The molecule has 0 unspecified atom stereocenters. The summed E-state index contributed by atoms with van der Waals surface area (Å²) in [6.07, 6.45) is 2.03. The van der Waals surface area contributed by atoms with Gasteiger partial charge in [0.2, 0.25) is 5.69 Å². The molecule has 5 aromatic rings. The van der Waals surface area contributed by atoms with Crippen LogP contribution in [0.15, 0.2) is 83.4 Å². The molecule has 2 aromatic heterocycles. The molecule has 0 saturated carbocycles. The van der Waals surface area contributed by atoms with Crippen LogP contribution >= 0.6 is 0 Å². The van der Waals surface area contributed by atoms with E-state index in [2.05, 4.69) is 54.0 Å². The number of benzene rings is 3. The quantitative estimate of drug-likeness (QED) is 0.359. The number of nitrogens with zero attached hydrogens (tertiary/aromatic N) is 2. The van der Waals surface area contributed by atoms with Crippen molar-refractivity contribution >= 4 is 21.9 Å². The van der Waals surface area contributed by atoms with Gasteiger partial charge < -0.3 is 4.42 Å². The van der Waals surface area contributed by atoms with E-state index in [1.165, 1.54) is 0 Å². The summed E-state index contributed by atoms with van der Waals surface area (Å²) in [6.45, 7) is 2.09. The predicted octanol–water partition coefficient (Wildman–Crippen LogP) is 5.92. The zero-order valence-corrected chi connectivity index (χ0v) is 16.3. The van der Waals surface area contributed by atoms with Gasteiger partial charge in [0.15, 0.2) is 11.8 Å². The van der Waals surface area contributed by atoms with Crippen molar-refractivity contribution in [3.05, 3.63) is 90.1 Å². The molecule has 0 amide bonds. The molecule has 138 valence electrons. The van der Waals surface area contributed by atoms with Gasteiger partial charge in [-0.25, -0.2) is 4.57 Å². The number of fused-ring (bicyclic) bond motifs is 3. The third-order valence-electron chi connectivity index (χ3n) is 5.49. The predicted molar refractivity (Wildman–Crippen MR) is 115 cm³/mol. The van der Waals surface area contributed by atoms with Gasteiger partial charge in [0.25, 0.3) is 0 Å². The van der Waals surface area contributed by atoms with E-state index in [1.807, 2.05) is 49.6 Å². The molecule has 0 aliphatic heterocycles. The summed E-state index contributed by atoms with van der Waals surface area (Å²) >= 11 is 0. The van der Waals surface area contributed by atoms with Gasteiger partial charge in [-0.3, -0.25) is 0 Å². The molecule has 0 spiro atoms. The lowest BCUT2D eigenvalue weighted by Crippen LogP contribution is -2.30. The van der Waals surface area contributed by atoms with Crippen LogP contribution < -0.4 is 4.57 Å². The molecule has 0 bridgehead atoms. The average molecular weight is 375 g/mol. The van der Waals surface area contributed by atoms with Gasteiger partial charge >= 0.3 is 0 Å². The van der Waals surface area contributed by atoms with Crippen molar-refractivity contribution in [3.8, 4) is 28.5 Å². The van der Waals surface area contributed by atoms with Gasteiger partial charge in [-0.15, -0.1) is 0 Å². The first kappa shape index (κ1) is 17.2. The summed E-state index contributed by atoms with van der Waals surface area (Å²) in [5, 5.41) is 11.8. The number of nitriles is 1. The first-order chi connectivity index (χ1) is 14.2. The second-order valence-electron chi connectivity index (χ2n) is 7.31. The van der Waals surface area contributed by atoms with Crippen LogP contribution in [-0.4, -0.2) is 0 Å². The molecule has 5 rings (SSSR count). The van der Waals surface area contributed by atoms with Crippen molar-refractivity contribution in [3.63, 3.8) is 0 Å². The molecule has 0 aliphatic rings. The van der Waals surface area contributed by atoms with E-state index in [-0.39, 0.29) is 0 Å². The topological polar surface area (TPSA) is 40.8 Å². The molecule has 0 radical (unpaired) electrons. The Kier molecular flexibility index (Phi) is 3.93. The van der Waals surface area contributed by atoms with Crippen LogP contribution in [0.5, 0.6) is 0 Å². The van der Waals surface area contributed by atoms with Gasteiger partial charge in [-0.2, -0.15) is 5.26 Å². The number of rotatable bonds is 2. The first-order valence-corrected chi connectivity index (χ1v) is 9.58. The molecule has 3 aromatic carbocycles. The van der Waals surface area contributed by atoms with Crippen molar-refractivity contribution < 1.29 is 8.98 Å². The Morgan fingerprint density at radius 3 is 2.38 bits per heavy atom. The average Bonchev–Trinajstić information content (AvgIpc) is 3.13. The minimum absolute atomic E-state index is 0.554. The molecule has 2 heterocycles. The highest BCUT2D eigenvalue weighted by molar-refractivity contribution is 6.12. The van der Waals surface area contributed by atoms with Crippen molar-refractivity contribution in [1.29, 1.82) is 5.26 Å². The molecule has 3 nitrogen and oxygen atoms in total. The first-order valence-electron chi connectivity index (χ1n) is 9.58. The lowest BCUT2D eigenvalue weighted by Gasteiger charge is -2.05. The minimum Gasteiger partial charge on any atom is -0.454 e. The maximum absolute atomic E-state index is 9.80. The zero-order chi connectivity index (χ0) is 20.0. The second kappa shape index (κ2) is 6.61. The monoisotopic (exact) mass is 375 g/mol. The number of aryl methyl sites for hydroxylation is 2. The Morgan fingerprint density at radius 1 is 0.828 bits per heavy atom. The molecule has 0 saturated heterocycles. The van der Waals surface area contributed by atoms with E-state index >= 15 is 0 Å². The number of aromatic nitrogens is 1. The largest absolute Gasteiger partial charge is 0.454 e. The summed E-state index contributed by atoms with van der Waals surface area (Å²) in [7, 11) is 2.03. The normalized spacial score (nSPS) is 11.1. The molecule has 0 aliphatic carbocycles. The highest BCUT2D eigenvalue weighted by Gasteiger charge is 2.21. The summed E-state index contributed by atoms with van der Waals surface area (Å²) in [4.78, 5) is 0. The van der Waals surface area contributed by atoms with Gasteiger partial charge in [0, 0.05) is 22.9 Å². The summed E-state index contributed by atoms with van der Waals surface area (Å²) in [5.74, 6) is 0. The summed E-state index contributed by atoms with van der Waals surface area (Å²) in [6, 6.07) is 26.9. The van der Waals surface area contributed by atoms with E-state index < -0.39 is 0 Å². The SMILES string of the molecule is Cc1ccc2c(oc3c(C#N)cc(-c4ccccc4)cc32)c1-c1cccc[n+]1C. The molecular weight excluding hydrogens is 356 g/mol. The lowest BCUT2D eigenvalue weighted by molar-refractivity contribution is -0.660. The van der Waals surface area contributed by atoms with E-state index in [0.717, 1.165) is 44.3 Å². The van der Waals surface area contributed by atoms with Crippen molar-refractivity contribution in [1.82, 2.24) is 0 Å².